The molecular weight excluding hydrogens is 248 g/mol. The summed E-state index contributed by atoms with van der Waals surface area (Å²) in [6.45, 7) is 2.85. The summed E-state index contributed by atoms with van der Waals surface area (Å²) in [7, 11) is 0. The Morgan fingerprint density at radius 2 is 1.95 bits per heavy atom. The minimum Gasteiger partial charge on any atom is -0.399 e. The van der Waals surface area contributed by atoms with Gasteiger partial charge >= 0.3 is 0 Å². The van der Waals surface area contributed by atoms with E-state index in [0.29, 0.717) is 5.69 Å². The molecule has 3 rings (SSSR count). The van der Waals surface area contributed by atoms with Gasteiger partial charge in [-0.2, -0.15) is 0 Å². The molecule has 0 saturated heterocycles. The van der Waals surface area contributed by atoms with E-state index < -0.39 is 0 Å². The van der Waals surface area contributed by atoms with Crippen LogP contribution in [0.1, 0.15) is 11.1 Å². The Bertz CT molecular complexity index is 752. The van der Waals surface area contributed by atoms with Crippen molar-refractivity contribution in [2.75, 3.05) is 11.1 Å². The largest absolute Gasteiger partial charge is 0.399 e. The van der Waals surface area contributed by atoms with E-state index in [2.05, 4.69) is 34.3 Å². The van der Waals surface area contributed by atoms with Gasteiger partial charge < -0.3 is 11.1 Å². The Labute approximate surface area is 117 Å². The molecule has 3 aromatic rings. The molecule has 0 fully saturated rings. The predicted octanol–water partition coefficient (Wildman–Crippen LogP) is 3.13. The van der Waals surface area contributed by atoms with Gasteiger partial charge in [-0.15, -0.1) is 0 Å². The number of anilines is 2. The summed E-state index contributed by atoms with van der Waals surface area (Å²) in [6, 6.07) is 14.0. The second kappa shape index (κ2) is 5.17. The van der Waals surface area contributed by atoms with Crippen molar-refractivity contribution >= 4 is 22.4 Å². The van der Waals surface area contributed by atoms with E-state index in [4.69, 9.17) is 5.73 Å². The molecule has 0 spiro atoms. The van der Waals surface area contributed by atoms with Crippen LogP contribution in [0.4, 0.5) is 11.5 Å². The lowest BCUT2D eigenvalue weighted by molar-refractivity contribution is 1.08. The number of aromatic nitrogens is 2. The van der Waals surface area contributed by atoms with E-state index in [-0.39, 0.29) is 0 Å². The summed E-state index contributed by atoms with van der Waals surface area (Å²) in [5.41, 5.74) is 9.87. The van der Waals surface area contributed by atoms with Crippen molar-refractivity contribution in [1.29, 1.82) is 0 Å². The van der Waals surface area contributed by atoms with Crippen LogP contribution < -0.4 is 11.1 Å². The Morgan fingerprint density at radius 3 is 2.80 bits per heavy atom. The van der Waals surface area contributed by atoms with Gasteiger partial charge in [-0.05, 0) is 36.2 Å². The molecule has 2 aromatic carbocycles. The van der Waals surface area contributed by atoms with Gasteiger partial charge in [0.2, 0.25) is 0 Å². The first-order valence-electron chi connectivity index (χ1n) is 6.52. The second-order valence-electron chi connectivity index (χ2n) is 4.78. The van der Waals surface area contributed by atoms with E-state index >= 15 is 0 Å². The smallest absolute Gasteiger partial charge is 0.137 e. The highest BCUT2D eigenvalue weighted by atomic mass is 15.0. The van der Waals surface area contributed by atoms with Crippen molar-refractivity contribution in [3.63, 3.8) is 0 Å². The molecule has 0 amide bonds. The molecule has 20 heavy (non-hydrogen) atoms. The van der Waals surface area contributed by atoms with Gasteiger partial charge in [0.05, 0.1) is 5.52 Å². The first kappa shape index (κ1) is 12.4. The molecule has 4 nitrogen and oxygen atoms in total. The van der Waals surface area contributed by atoms with Gasteiger partial charge in [0.25, 0.3) is 0 Å². The van der Waals surface area contributed by atoms with Gasteiger partial charge in [-0.3, -0.25) is 0 Å². The molecule has 0 saturated carbocycles. The quantitative estimate of drug-likeness (QED) is 0.713. The molecule has 0 aliphatic rings. The summed E-state index contributed by atoms with van der Waals surface area (Å²) in [5, 5.41) is 4.35. The normalized spacial score (nSPS) is 10.7. The van der Waals surface area contributed by atoms with Crippen molar-refractivity contribution in [2.45, 2.75) is 13.5 Å². The Hall–Kier alpha value is -2.62. The van der Waals surface area contributed by atoms with Gasteiger partial charge in [0.15, 0.2) is 0 Å². The van der Waals surface area contributed by atoms with Crippen LogP contribution in [-0.4, -0.2) is 9.97 Å². The van der Waals surface area contributed by atoms with Crippen LogP contribution >= 0.6 is 0 Å². The van der Waals surface area contributed by atoms with Crippen LogP contribution in [0, 0.1) is 6.92 Å². The van der Waals surface area contributed by atoms with Gasteiger partial charge in [-0.25, -0.2) is 9.97 Å². The molecule has 1 heterocycles. The summed E-state index contributed by atoms with van der Waals surface area (Å²) < 4.78 is 0. The van der Waals surface area contributed by atoms with E-state index in [1.54, 1.807) is 6.33 Å². The molecule has 1 aromatic heterocycles. The maximum absolute atomic E-state index is 5.78. The first-order chi connectivity index (χ1) is 9.74. The van der Waals surface area contributed by atoms with Crippen molar-refractivity contribution in [3.05, 3.63) is 59.9 Å². The minimum absolute atomic E-state index is 0.709. The summed E-state index contributed by atoms with van der Waals surface area (Å²) in [6.07, 6.45) is 1.56. The lowest BCUT2D eigenvalue weighted by atomic mass is 10.1. The maximum Gasteiger partial charge on any atom is 0.137 e. The average molecular weight is 264 g/mol. The highest BCUT2D eigenvalue weighted by Gasteiger charge is 2.04. The van der Waals surface area contributed by atoms with Crippen molar-refractivity contribution in [1.82, 2.24) is 9.97 Å². The Balaban J connectivity index is 1.90. The van der Waals surface area contributed by atoms with Crippen LogP contribution in [0.3, 0.4) is 0 Å². The number of rotatable bonds is 3. The van der Waals surface area contributed by atoms with Crippen molar-refractivity contribution < 1.29 is 0 Å². The Kier molecular flexibility index (Phi) is 3.21. The molecule has 3 N–H and O–H groups in total. The lowest BCUT2D eigenvalue weighted by Crippen LogP contribution is -2.04. The molecule has 100 valence electrons. The van der Waals surface area contributed by atoms with Crippen LogP contribution in [0.15, 0.2) is 48.8 Å². The van der Waals surface area contributed by atoms with E-state index in [1.165, 1.54) is 11.1 Å². The monoisotopic (exact) mass is 264 g/mol. The molecule has 0 unspecified atom stereocenters. The zero-order valence-corrected chi connectivity index (χ0v) is 11.3. The van der Waals surface area contributed by atoms with E-state index in [1.807, 2.05) is 30.3 Å². The molecule has 0 atom stereocenters. The van der Waals surface area contributed by atoms with Gasteiger partial charge in [0.1, 0.15) is 12.1 Å². The average Bonchev–Trinajstić information content (AvgIpc) is 2.46. The standard InChI is InChI=1S/C16H16N4/c1-11-4-2-3-5-12(11)9-18-16-14-7-6-13(17)8-15(14)19-10-20-16/h2-8,10H,9,17H2,1H3,(H,18,19,20). The molecule has 4 heteroatoms. The fraction of sp³-hybridized carbons (Fsp3) is 0.125. The fourth-order valence-electron chi connectivity index (χ4n) is 2.20. The van der Waals surface area contributed by atoms with E-state index in [0.717, 1.165) is 23.3 Å². The summed E-state index contributed by atoms with van der Waals surface area (Å²) >= 11 is 0. The van der Waals surface area contributed by atoms with Crippen LogP contribution in [-0.2, 0) is 6.54 Å². The fourth-order valence-corrected chi connectivity index (χ4v) is 2.20. The van der Waals surface area contributed by atoms with Crippen molar-refractivity contribution in [2.24, 2.45) is 0 Å². The SMILES string of the molecule is Cc1ccccc1CNc1ncnc2cc(N)ccc12. The third kappa shape index (κ3) is 2.40. The first-order valence-corrected chi connectivity index (χ1v) is 6.52. The molecular formula is C16H16N4. The van der Waals surface area contributed by atoms with Crippen LogP contribution in [0.5, 0.6) is 0 Å². The number of fused-ring (bicyclic) bond motifs is 1. The molecule has 0 aliphatic carbocycles. The molecule has 0 radical (unpaired) electrons. The van der Waals surface area contributed by atoms with Crippen LogP contribution in [0.25, 0.3) is 10.9 Å². The van der Waals surface area contributed by atoms with Gasteiger partial charge in [-0.1, -0.05) is 24.3 Å². The number of benzene rings is 2. The second-order valence-corrected chi connectivity index (χ2v) is 4.78. The zero-order chi connectivity index (χ0) is 13.9. The third-order valence-corrected chi connectivity index (χ3v) is 3.37. The number of hydrogen-bond donors (Lipinski definition) is 2. The predicted molar refractivity (Wildman–Crippen MR) is 82.5 cm³/mol. The molecule has 0 bridgehead atoms. The molecule has 0 aliphatic heterocycles. The number of nitrogens with zero attached hydrogens (tertiary/aromatic N) is 2. The minimum atomic E-state index is 0.709. The number of hydrogen-bond acceptors (Lipinski definition) is 4. The topological polar surface area (TPSA) is 63.8 Å². The Morgan fingerprint density at radius 1 is 1.10 bits per heavy atom. The highest BCUT2D eigenvalue weighted by molar-refractivity contribution is 5.90. The number of nitrogens with two attached hydrogens (primary N) is 1. The van der Waals surface area contributed by atoms with Crippen molar-refractivity contribution in [3.8, 4) is 0 Å². The summed E-state index contributed by atoms with van der Waals surface area (Å²) in [5.74, 6) is 0.832. The van der Waals surface area contributed by atoms with Crippen LogP contribution in [0.2, 0.25) is 0 Å². The summed E-state index contributed by atoms with van der Waals surface area (Å²) in [4.78, 5) is 8.56. The number of aryl methyl sites for hydroxylation is 1. The van der Waals surface area contributed by atoms with Gasteiger partial charge in [0, 0.05) is 17.6 Å². The number of nitrogen functional groups attached to an aromatic ring is 1. The highest BCUT2D eigenvalue weighted by Crippen LogP contribution is 2.22. The maximum atomic E-state index is 5.78. The third-order valence-electron chi connectivity index (χ3n) is 3.37. The lowest BCUT2D eigenvalue weighted by Gasteiger charge is -2.10. The zero-order valence-electron chi connectivity index (χ0n) is 11.3. The number of nitrogens with one attached hydrogen (secondary N) is 1. The van der Waals surface area contributed by atoms with E-state index in [9.17, 15) is 0 Å².